The summed E-state index contributed by atoms with van der Waals surface area (Å²) in [5.74, 6) is -0.400. The van der Waals surface area contributed by atoms with Gasteiger partial charge in [0.25, 0.3) is 0 Å². The van der Waals surface area contributed by atoms with Gasteiger partial charge in [-0.1, -0.05) is 64.7 Å². The first-order valence-corrected chi connectivity index (χ1v) is 12.7. The molecule has 0 aliphatic carbocycles. The number of Topliss-reactive ketones (excluding diaryl/α,β-unsaturated/α-hetero) is 1. The molecule has 4 heteroatoms. The number of aryl methyl sites for hydroxylation is 1. The van der Waals surface area contributed by atoms with E-state index in [1.807, 2.05) is 6.07 Å². The number of nitrogens with one attached hydrogen (secondary N) is 1. The van der Waals surface area contributed by atoms with Crippen LogP contribution < -0.4 is 5.32 Å². The minimum absolute atomic E-state index is 0.00507. The van der Waals surface area contributed by atoms with Gasteiger partial charge >= 0.3 is 0 Å². The fourth-order valence-corrected chi connectivity index (χ4v) is 5.51. The maximum absolute atomic E-state index is 12.4. The smallest absolute Gasteiger partial charge is 0.241 e. The van der Waals surface area contributed by atoms with Crippen molar-refractivity contribution in [2.75, 3.05) is 0 Å². The number of unbranched alkanes of at least 4 members (excludes halogenated alkanes) is 9. The lowest BCUT2D eigenvalue weighted by Crippen LogP contribution is -2.58. The van der Waals surface area contributed by atoms with Crippen LogP contribution in [0.3, 0.4) is 0 Å². The Balaban J connectivity index is 1.89. The molecule has 0 aromatic carbocycles. The lowest BCUT2D eigenvalue weighted by molar-refractivity contribution is -0.104. The Morgan fingerprint density at radius 3 is 2.00 bits per heavy atom. The van der Waals surface area contributed by atoms with E-state index < -0.39 is 5.78 Å². The molecular weight excluding hydrogens is 384 g/mol. The Labute approximate surface area is 190 Å². The molecule has 0 saturated carbocycles. The first-order valence-electron chi connectivity index (χ1n) is 12.7. The normalized spacial score (nSPS) is 18.2. The second kappa shape index (κ2) is 12.0. The van der Waals surface area contributed by atoms with Gasteiger partial charge in [0, 0.05) is 23.3 Å². The van der Waals surface area contributed by atoms with Crippen molar-refractivity contribution < 1.29 is 9.59 Å². The summed E-state index contributed by atoms with van der Waals surface area (Å²) >= 11 is 0. The summed E-state index contributed by atoms with van der Waals surface area (Å²) in [5.41, 5.74) is 1.75. The van der Waals surface area contributed by atoms with Crippen molar-refractivity contribution in [3.8, 4) is 0 Å². The molecule has 1 fully saturated rings. The largest absolute Gasteiger partial charge is 0.341 e. The van der Waals surface area contributed by atoms with Gasteiger partial charge in [0.05, 0.1) is 5.69 Å². The van der Waals surface area contributed by atoms with Gasteiger partial charge in [0.1, 0.15) is 0 Å². The van der Waals surface area contributed by atoms with Gasteiger partial charge in [0.15, 0.2) is 6.29 Å². The second-order valence-corrected chi connectivity index (χ2v) is 11.0. The van der Waals surface area contributed by atoms with Crippen LogP contribution in [0.15, 0.2) is 12.3 Å². The zero-order chi connectivity index (χ0) is 22.9. The van der Waals surface area contributed by atoms with E-state index in [0.717, 1.165) is 25.7 Å². The van der Waals surface area contributed by atoms with Crippen LogP contribution in [0.5, 0.6) is 0 Å². The maximum Gasteiger partial charge on any atom is 0.241 e. The third-order valence-corrected chi connectivity index (χ3v) is 6.65. The number of piperidine rings is 1. The van der Waals surface area contributed by atoms with Crippen LogP contribution in [0.2, 0.25) is 0 Å². The van der Waals surface area contributed by atoms with Crippen molar-refractivity contribution >= 4 is 12.1 Å². The Morgan fingerprint density at radius 1 is 0.968 bits per heavy atom. The third kappa shape index (κ3) is 8.56. The minimum atomic E-state index is -0.400. The summed E-state index contributed by atoms with van der Waals surface area (Å²) < 4.78 is 2.10. The number of carbonyl (C=O) groups excluding carboxylic acids is 2. The fraction of sp³-hybridized carbons (Fsp3) is 0.778. The van der Waals surface area contributed by atoms with Crippen molar-refractivity contribution in [3.05, 3.63) is 23.5 Å². The van der Waals surface area contributed by atoms with Crippen LogP contribution >= 0.6 is 0 Å². The number of carbonyl (C=O) groups is 2. The van der Waals surface area contributed by atoms with Gasteiger partial charge in [-0.3, -0.25) is 9.59 Å². The summed E-state index contributed by atoms with van der Waals surface area (Å²) in [4.78, 5) is 23.6. The van der Waals surface area contributed by atoms with Crippen LogP contribution in [-0.2, 0) is 11.2 Å². The zero-order valence-corrected chi connectivity index (χ0v) is 20.8. The SMILES string of the molecule is CCCCCCCCCCCCc1cc(C(=O)C=O)n(C2CC(C)(C)NC(C)(C)C2)c1. The lowest BCUT2D eigenvalue weighted by atomic mass is 9.79. The van der Waals surface area contributed by atoms with Gasteiger partial charge in [-0.25, -0.2) is 0 Å². The average Bonchev–Trinajstić information content (AvgIpc) is 3.11. The molecular formula is C27H46N2O2. The molecule has 0 unspecified atom stereocenters. The highest BCUT2D eigenvalue weighted by Crippen LogP contribution is 2.37. The number of ketones is 1. The quantitative estimate of drug-likeness (QED) is 0.153. The van der Waals surface area contributed by atoms with E-state index in [0.29, 0.717) is 12.0 Å². The molecule has 1 N–H and O–H groups in total. The molecule has 1 aromatic heterocycles. The zero-order valence-electron chi connectivity index (χ0n) is 20.8. The Bertz CT molecular complexity index is 686. The predicted molar refractivity (Wildman–Crippen MR) is 130 cm³/mol. The molecule has 31 heavy (non-hydrogen) atoms. The molecule has 2 heterocycles. The summed E-state index contributed by atoms with van der Waals surface area (Å²) in [6, 6.07) is 2.19. The van der Waals surface area contributed by atoms with E-state index in [1.54, 1.807) is 0 Å². The standard InChI is InChI=1S/C27H46N2O2/c1-6-7-8-9-10-11-12-13-14-15-16-22-17-24(25(31)21-30)29(20-22)23-18-26(2,3)28-27(4,5)19-23/h17,20-21,23,28H,6-16,18-19H2,1-5H3. The van der Waals surface area contributed by atoms with E-state index >= 15 is 0 Å². The maximum atomic E-state index is 12.4. The Hall–Kier alpha value is -1.42. The summed E-state index contributed by atoms with van der Waals surface area (Å²) in [6.45, 7) is 11.1. The molecule has 1 saturated heterocycles. The first-order chi connectivity index (χ1) is 14.7. The molecule has 1 aliphatic heterocycles. The van der Waals surface area contributed by atoms with Crippen LogP contribution in [0.4, 0.5) is 0 Å². The topological polar surface area (TPSA) is 51.1 Å². The van der Waals surface area contributed by atoms with Crippen molar-refractivity contribution in [3.63, 3.8) is 0 Å². The molecule has 0 bridgehead atoms. The monoisotopic (exact) mass is 430 g/mol. The second-order valence-electron chi connectivity index (χ2n) is 11.0. The highest BCUT2D eigenvalue weighted by molar-refractivity contribution is 6.32. The van der Waals surface area contributed by atoms with Crippen LogP contribution in [-0.4, -0.2) is 27.7 Å². The lowest BCUT2D eigenvalue weighted by Gasteiger charge is -2.47. The third-order valence-electron chi connectivity index (χ3n) is 6.65. The number of nitrogens with zero attached hydrogens (tertiary/aromatic N) is 1. The highest BCUT2D eigenvalue weighted by atomic mass is 16.2. The fourth-order valence-electron chi connectivity index (χ4n) is 5.51. The molecule has 1 aliphatic rings. The first kappa shape index (κ1) is 25.8. The number of rotatable bonds is 14. The predicted octanol–water partition coefficient (Wildman–Crippen LogP) is 6.81. The highest BCUT2D eigenvalue weighted by Gasteiger charge is 2.39. The van der Waals surface area contributed by atoms with Gasteiger partial charge in [0.2, 0.25) is 5.78 Å². The molecule has 0 spiro atoms. The molecule has 176 valence electrons. The summed E-state index contributed by atoms with van der Waals surface area (Å²) in [6.07, 6.45) is 18.7. The van der Waals surface area contributed by atoms with Crippen molar-refractivity contribution in [2.24, 2.45) is 0 Å². The Morgan fingerprint density at radius 2 is 1.48 bits per heavy atom. The van der Waals surface area contributed by atoms with Crippen molar-refractivity contribution in [2.45, 2.75) is 135 Å². The van der Waals surface area contributed by atoms with Gasteiger partial charge in [-0.15, -0.1) is 0 Å². The number of aldehydes is 1. The van der Waals surface area contributed by atoms with E-state index in [-0.39, 0.29) is 17.1 Å². The van der Waals surface area contributed by atoms with Crippen LogP contribution in [0.1, 0.15) is 134 Å². The molecule has 0 atom stereocenters. The van der Waals surface area contributed by atoms with Gasteiger partial charge in [-0.05, 0) is 65.0 Å². The number of aromatic nitrogens is 1. The number of hydrogen-bond donors (Lipinski definition) is 1. The van der Waals surface area contributed by atoms with Crippen molar-refractivity contribution in [1.29, 1.82) is 0 Å². The van der Waals surface area contributed by atoms with Gasteiger partial charge in [-0.2, -0.15) is 0 Å². The Kier molecular flexibility index (Phi) is 9.99. The van der Waals surface area contributed by atoms with Gasteiger partial charge < -0.3 is 9.88 Å². The van der Waals surface area contributed by atoms with Crippen molar-refractivity contribution in [1.82, 2.24) is 9.88 Å². The van der Waals surface area contributed by atoms with E-state index in [9.17, 15) is 9.59 Å². The molecule has 2 rings (SSSR count). The van der Waals surface area contributed by atoms with Crippen LogP contribution in [0, 0.1) is 0 Å². The molecule has 4 nitrogen and oxygen atoms in total. The summed E-state index contributed by atoms with van der Waals surface area (Å²) in [5, 5.41) is 3.71. The average molecular weight is 431 g/mol. The molecule has 1 aromatic rings. The van der Waals surface area contributed by atoms with E-state index in [2.05, 4.69) is 50.7 Å². The molecule has 0 amide bonds. The van der Waals surface area contributed by atoms with E-state index in [4.69, 9.17) is 0 Å². The van der Waals surface area contributed by atoms with E-state index in [1.165, 1.54) is 63.4 Å². The minimum Gasteiger partial charge on any atom is -0.341 e. The molecule has 0 radical (unpaired) electrons. The number of hydrogen-bond acceptors (Lipinski definition) is 3. The van der Waals surface area contributed by atoms with Crippen LogP contribution in [0.25, 0.3) is 0 Å². The summed E-state index contributed by atoms with van der Waals surface area (Å²) in [7, 11) is 0.